The number of halogens is 2. The molecule has 1 aliphatic rings. The van der Waals surface area contributed by atoms with Gasteiger partial charge in [0.25, 0.3) is 0 Å². The Balaban J connectivity index is 2.07. The molecule has 2 rings (SSSR count). The van der Waals surface area contributed by atoms with Crippen molar-refractivity contribution in [3.05, 3.63) is 29.8 Å². The Kier molecular flexibility index (Phi) is 3.36. The second kappa shape index (κ2) is 4.63. The van der Waals surface area contributed by atoms with Crippen LogP contribution in [0.3, 0.4) is 0 Å². The fourth-order valence-electron chi connectivity index (χ4n) is 2.65. The molecule has 0 bridgehead atoms. The Morgan fingerprint density at radius 3 is 2.76 bits per heavy atom. The van der Waals surface area contributed by atoms with Crippen LogP contribution in [0.2, 0.25) is 0 Å². The SMILES string of the molecule is CC1(C)CCCC(Nc2cc(F)ccc2F)C1. The van der Waals surface area contributed by atoms with Crippen molar-refractivity contribution in [1.82, 2.24) is 0 Å². The van der Waals surface area contributed by atoms with Gasteiger partial charge in [0.2, 0.25) is 0 Å². The predicted molar refractivity (Wildman–Crippen MR) is 66.0 cm³/mol. The van der Waals surface area contributed by atoms with Gasteiger partial charge in [-0.25, -0.2) is 8.78 Å². The highest BCUT2D eigenvalue weighted by Crippen LogP contribution is 2.36. The van der Waals surface area contributed by atoms with E-state index >= 15 is 0 Å². The van der Waals surface area contributed by atoms with Gasteiger partial charge in [-0.2, -0.15) is 0 Å². The monoisotopic (exact) mass is 239 g/mol. The maximum absolute atomic E-state index is 13.5. The molecule has 3 heteroatoms. The maximum atomic E-state index is 13.5. The predicted octanol–water partition coefficient (Wildman–Crippen LogP) is 4.35. The van der Waals surface area contributed by atoms with E-state index in [1.807, 2.05) is 0 Å². The van der Waals surface area contributed by atoms with Gasteiger partial charge in [-0.05, 0) is 42.9 Å². The van der Waals surface area contributed by atoms with Gasteiger partial charge in [0, 0.05) is 6.04 Å². The maximum Gasteiger partial charge on any atom is 0.146 e. The molecule has 0 saturated heterocycles. The Morgan fingerprint density at radius 2 is 2.06 bits per heavy atom. The Bertz CT molecular complexity index is 401. The molecule has 1 nitrogen and oxygen atoms in total. The molecule has 1 fully saturated rings. The zero-order valence-corrected chi connectivity index (χ0v) is 10.4. The highest BCUT2D eigenvalue weighted by molar-refractivity contribution is 5.45. The minimum atomic E-state index is -0.399. The third kappa shape index (κ3) is 3.18. The van der Waals surface area contributed by atoms with Crippen LogP contribution in [0.4, 0.5) is 14.5 Å². The Hall–Kier alpha value is -1.12. The zero-order valence-electron chi connectivity index (χ0n) is 10.4. The number of hydrogen-bond acceptors (Lipinski definition) is 1. The quantitative estimate of drug-likeness (QED) is 0.809. The molecule has 1 atom stereocenters. The van der Waals surface area contributed by atoms with Gasteiger partial charge in [-0.15, -0.1) is 0 Å². The number of benzene rings is 1. The van der Waals surface area contributed by atoms with E-state index in [-0.39, 0.29) is 17.5 Å². The summed E-state index contributed by atoms with van der Waals surface area (Å²) in [6, 6.07) is 3.79. The summed E-state index contributed by atoms with van der Waals surface area (Å²) in [6.45, 7) is 4.45. The van der Waals surface area contributed by atoms with E-state index in [1.165, 1.54) is 18.6 Å². The summed E-state index contributed by atoms with van der Waals surface area (Å²) in [4.78, 5) is 0. The molecule has 1 saturated carbocycles. The first-order chi connectivity index (χ1) is 7.96. The lowest BCUT2D eigenvalue weighted by Gasteiger charge is -2.36. The summed E-state index contributed by atoms with van der Waals surface area (Å²) in [7, 11) is 0. The summed E-state index contributed by atoms with van der Waals surface area (Å²) in [6.07, 6.45) is 4.38. The lowest BCUT2D eigenvalue weighted by Crippen LogP contribution is -2.32. The molecule has 0 aliphatic heterocycles. The fraction of sp³-hybridized carbons (Fsp3) is 0.571. The van der Waals surface area contributed by atoms with Crippen LogP contribution in [0.15, 0.2) is 18.2 Å². The molecule has 0 aromatic heterocycles. The molecular weight excluding hydrogens is 220 g/mol. The minimum absolute atomic E-state index is 0.245. The van der Waals surface area contributed by atoms with Gasteiger partial charge in [0.1, 0.15) is 11.6 Å². The molecule has 0 heterocycles. The van der Waals surface area contributed by atoms with Crippen LogP contribution in [0.1, 0.15) is 39.5 Å². The highest BCUT2D eigenvalue weighted by atomic mass is 19.1. The highest BCUT2D eigenvalue weighted by Gasteiger charge is 2.28. The van der Waals surface area contributed by atoms with E-state index in [0.717, 1.165) is 25.3 Å². The topological polar surface area (TPSA) is 12.0 Å². The van der Waals surface area contributed by atoms with Crippen molar-refractivity contribution in [3.8, 4) is 0 Å². The number of nitrogens with one attached hydrogen (secondary N) is 1. The molecule has 1 aliphatic carbocycles. The third-order valence-electron chi connectivity index (χ3n) is 3.49. The first-order valence-corrected chi connectivity index (χ1v) is 6.18. The van der Waals surface area contributed by atoms with Crippen LogP contribution >= 0.6 is 0 Å². The second-order valence-electron chi connectivity index (χ2n) is 5.73. The number of hydrogen-bond donors (Lipinski definition) is 1. The van der Waals surface area contributed by atoms with Crippen LogP contribution in [0, 0.1) is 17.0 Å². The van der Waals surface area contributed by atoms with Gasteiger partial charge >= 0.3 is 0 Å². The largest absolute Gasteiger partial charge is 0.380 e. The molecule has 1 N–H and O–H groups in total. The van der Waals surface area contributed by atoms with Crippen LogP contribution in [-0.4, -0.2) is 6.04 Å². The van der Waals surface area contributed by atoms with Crippen molar-refractivity contribution in [2.24, 2.45) is 5.41 Å². The van der Waals surface area contributed by atoms with Crippen molar-refractivity contribution >= 4 is 5.69 Å². The fourth-order valence-corrected chi connectivity index (χ4v) is 2.65. The normalized spacial score (nSPS) is 23.4. The van der Waals surface area contributed by atoms with Crippen molar-refractivity contribution < 1.29 is 8.78 Å². The number of rotatable bonds is 2. The van der Waals surface area contributed by atoms with E-state index in [1.54, 1.807) is 0 Å². The van der Waals surface area contributed by atoms with Gasteiger partial charge in [0.15, 0.2) is 0 Å². The molecule has 1 aromatic rings. The van der Waals surface area contributed by atoms with Crippen molar-refractivity contribution in [2.45, 2.75) is 45.6 Å². The van der Waals surface area contributed by atoms with E-state index in [4.69, 9.17) is 0 Å². The van der Waals surface area contributed by atoms with E-state index < -0.39 is 5.82 Å². The van der Waals surface area contributed by atoms with Crippen LogP contribution in [-0.2, 0) is 0 Å². The molecule has 17 heavy (non-hydrogen) atoms. The van der Waals surface area contributed by atoms with E-state index in [2.05, 4.69) is 19.2 Å². The molecule has 0 radical (unpaired) electrons. The first kappa shape index (κ1) is 12.3. The molecule has 94 valence electrons. The summed E-state index contributed by atoms with van der Waals surface area (Å²) in [5.41, 5.74) is 0.576. The lowest BCUT2D eigenvalue weighted by molar-refractivity contribution is 0.229. The van der Waals surface area contributed by atoms with Gasteiger partial charge in [-0.1, -0.05) is 20.3 Å². The smallest absolute Gasteiger partial charge is 0.146 e. The van der Waals surface area contributed by atoms with Crippen LogP contribution in [0.25, 0.3) is 0 Å². The molecule has 1 aromatic carbocycles. The Morgan fingerprint density at radius 1 is 1.29 bits per heavy atom. The third-order valence-corrected chi connectivity index (χ3v) is 3.49. The summed E-state index contributed by atoms with van der Waals surface area (Å²) < 4.78 is 26.5. The zero-order chi connectivity index (χ0) is 12.5. The molecule has 0 amide bonds. The van der Waals surface area contributed by atoms with E-state index in [0.29, 0.717) is 5.41 Å². The van der Waals surface area contributed by atoms with Gasteiger partial charge < -0.3 is 5.32 Å². The standard InChI is InChI=1S/C14H19F2N/c1-14(2)7-3-4-11(9-14)17-13-8-10(15)5-6-12(13)16/h5-6,8,11,17H,3-4,7,9H2,1-2H3. The molecule has 0 spiro atoms. The minimum Gasteiger partial charge on any atom is -0.380 e. The average molecular weight is 239 g/mol. The second-order valence-corrected chi connectivity index (χ2v) is 5.73. The summed E-state index contributed by atoms with van der Waals surface area (Å²) >= 11 is 0. The van der Waals surface area contributed by atoms with Gasteiger partial charge in [0.05, 0.1) is 5.69 Å². The number of anilines is 1. The van der Waals surface area contributed by atoms with Crippen molar-refractivity contribution in [1.29, 1.82) is 0 Å². The van der Waals surface area contributed by atoms with Crippen LogP contribution < -0.4 is 5.32 Å². The summed E-state index contributed by atoms with van der Waals surface area (Å²) in [5.74, 6) is -0.779. The van der Waals surface area contributed by atoms with Crippen LogP contribution in [0.5, 0.6) is 0 Å². The van der Waals surface area contributed by atoms with Crippen molar-refractivity contribution in [3.63, 3.8) is 0 Å². The van der Waals surface area contributed by atoms with Gasteiger partial charge in [-0.3, -0.25) is 0 Å². The summed E-state index contributed by atoms with van der Waals surface area (Å²) in [5, 5.41) is 3.13. The van der Waals surface area contributed by atoms with E-state index in [9.17, 15) is 8.78 Å². The lowest BCUT2D eigenvalue weighted by atomic mass is 9.75. The molecule has 1 unspecified atom stereocenters. The average Bonchev–Trinajstić information content (AvgIpc) is 2.22. The first-order valence-electron chi connectivity index (χ1n) is 6.18. The van der Waals surface area contributed by atoms with Crippen molar-refractivity contribution in [2.75, 3.05) is 5.32 Å². The molecular formula is C14H19F2N. The Labute approximate surface area is 101 Å².